The number of ether oxygens (including phenoxy) is 6. The summed E-state index contributed by atoms with van der Waals surface area (Å²) in [6.07, 6.45) is -24.4. The van der Waals surface area contributed by atoms with Crippen LogP contribution in [0.15, 0.2) is 72.2 Å². The van der Waals surface area contributed by atoms with Crippen LogP contribution in [0.2, 0.25) is 0 Å². The minimum Gasteiger partial charge on any atom is -0.396 e. The molecule has 133 heavy (non-hydrogen) atoms. The molecular weight excluding hydrogens is 1940 g/mol. The van der Waals surface area contributed by atoms with E-state index in [-0.39, 0.29) is 91.3 Å². The molecule has 0 radical (unpaired) electrons. The number of hydrogen-bond acceptors (Lipinski definition) is 48. The second kappa shape index (κ2) is 35.3. The van der Waals surface area contributed by atoms with E-state index in [1.807, 2.05) is 0 Å². The number of pyridine rings is 1. The Balaban J connectivity index is 0.000000129. The third-order valence-electron chi connectivity index (χ3n) is 22.0. The number of aromatic nitrogens is 25. The number of hydrogen-bond donors (Lipinski definition) is 13. The Bertz CT molecular complexity index is 7160. The predicted octanol–water partition coefficient (Wildman–Crippen LogP) is -4.58. The molecule has 21 rings (SSSR count). The number of phosphoric ester groups is 2. The first-order valence-corrected chi connectivity index (χ1v) is 48.9. The highest BCUT2D eigenvalue weighted by Crippen LogP contribution is 2.55. The van der Waals surface area contributed by atoms with Gasteiger partial charge in [0, 0.05) is 38.2 Å². The first-order valence-electron chi connectivity index (χ1n) is 39.1. The van der Waals surface area contributed by atoms with Gasteiger partial charge in [-0.15, -0.1) is 10.2 Å². The lowest BCUT2D eigenvalue weighted by molar-refractivity contribution is -0.0564. The highest BCUT2D eigenvalue weighted by Gasteiger charge is 2.58. The fourth-order valence-electron chi connectivity index (χ4n) is 16.1. The monoisotopic (exact) mass is 2010 g/mol. The molecule has 0 aromatic carbocycles. The number of halogens is 3. The van der Waals surface area contributed by atoms with Crippen LogP contribution < -0.4 is 42.5 Å². The van der Waals surface area contributed by atoms with Gasteiger partial charge in [-0.1, -0.05) is 10.4 Å². The van der Waals surface area contributed by atoms with Gasteiger partial charge in [0.25, 0.3) is 11.1 Å². The Kier molecular flexibility index (Phi) is 24.5. The number of H-pyrrole nitrogens is 2. The van der Waals surface area contributed by atoms with Crippen LogP contribution in [0.25, 0.3) is 67.0 Å². The van der Waals surface area contributed by atoms with Crippen molar-refractivity contribution < 1.29 is 141 Å². The first kappa shape index (κ1) is 92.1. The summed E-state index contributed by atoms with van der Waals surface area (Å²) in [6.45, 7) is -5.76. The Morgan fingerprint density at radius 1 is 0.481 bits per heavy atom. The number of aromatic amines is 2. The predicted molar refractivity (Wildman–Crippen MR) is 431 cm³/mol. The van der Waals surface area contributed by atoms with Crippen molar-refractivity contribution >= 4 is 150 Å². The summed E-state index contributed by atoms with van der Waals surface area (Å²) < 4.78 is 249. The van der Waals surface area contributed by atoms with Gasteiger partial charge in [-0.05, 0) is 37.8 Å². The molecule has 9 saturated heterocycles. The number of alkyl halides is 3. The van der Waals surface area contributed by atoms with E-state index in [0.717, 1.165) is 39.2 Å². The summed E-state index contributed by atoms with van der Waals surface area (Å²) >= 11 is 5.17. The van der Waals surface area contributed by atoms with Crippen LogP contribution in [0.4, 0.5) is 30.6 Å². The number of nitrogens with one attached hydrogen (secondary N) is 5. The highest BCUT2D eigenvalue weighted by atomic mass is 32.5. The zero-order valence-corrected chi connectivity index (χ0v) is 73.2. The van der Waals surface area contributed by atoms with Gasteiger partial charge in [0.05, 0.1) is 63.9 Å². The Labute approximate surface area is 743 Å². The van der Waals surface area contributed by atoms with Crippen molar-refractivity contribution in [3.8, 4) is 0 Å². The topological polar surface area (TPSA) is 805 Å². The number of aryl methyl sites for hydroxylation is 2. The molecule has 0 saturated carbocycles. The van der Waals surface area contributed by atoms with E-state index in [4.69, 9.17) is 97.1 Å². The van der Waals surface area contributed by atoms with Crippen molar-refractivity contribution in [3.63, 3.8) is 0 Å². The van der Waals surface area contributed by atoms with Crippen LogP contribution >= 0.6 is 22.4 Å². The molecule has 12 aromatic rings. The molecule has 9 aliphatic rings. The normalized spacial score (nSPS) is 35.3. The second-order valence-corrected chi connectivity index (χ2v) is 40.3. The van der Waals surface area contributed by atoms with Gasteiger partial charge in [0.15, 0.2) is 124 Å². The largest absolute Gasteiger partial charge is 0.472 e. The summed E-state index contributed by atoms with van der Waals surface area (Å²) in [7, 11) is -24.2. The number of imidazole rings is 4. The fraction of sp³-hybridized carbons (Fsp3) is 0.532. The van der Waals surface area contributed by atoms with Gasteiger partial charge in [-0.2, -0.15) is 48.8 Å². The van der Waals surface area contributed by atoms with E-state index in [0.29, 0.717) is 11.2 Å². The van der Waals surface area contributed by atoms with Crippen molar-refractivity contribution in [1.29, 1.82) is 0 Å². The molecule has 9 fully saturated rings. The Hall–Kier alpha value is -9.94. The molecule has 21 heterocycles. The summed E-state index contributed by atoms with van der Waals surface area (Å²) in [6, 6.07) is 3.30. The second-order valence-electron chi connectivity index (χ2n) is 30.5. The van der Waals surface area contributed by atoms with Gasteiger partial charge in [-0.25, -0.2) is 99.6 Å². The summed E-state index contributed by atoms with van der Waals surface area (Å²) in [5, 5.41) is 36.6. The van der Waals surface area contributed by atoms with E-state index in [2.05, 4.69) is 110 Å². The number of anilines is 3. The Morgan fingerprint density at radius 3 is 1.40 bits per heavy atom. The van der Waals surface area contributed by atoms with Gasteiger partial charge < -0.3 is 85.0 Å². The number of aliphatic hydroxyl groups excluding tert-OH is 2. The van der Waals surface area contributed by atoms with Gasteiger partial charge in [0.1, 0.15) is 114 Å². The average molecular weight is 2010 g/mol. The number of nitrogens with two attached hydrogens (primary N) is 3. The van der Waals surface area contributed by atoms with Crippen LogP contribution in [-0.2, 0) is 120 Å². The number of rotatable bonds is 7. The molecule has 714 valence electrons. The molecule has 0 spiro atoms. The number of nitrogens with zero attached hydrogens (tertiary/aromatic N) is 23. The van der Waals surface area contributed by atoms with Crippen molar-refractivity contribution in [3.05, 3.63) is 95.0 Å². The molecule has 71 heteroatoms. The lowest BCUT2D eigenvalue weighted by atomic mass is 10.00. The van der Waals surface area contributed by atoms with Crippen LogP contribution in [0.5, 0.6) is 0 Å². The maximum Gasteiger partial charge on any atom is 0.472 e. The smallest absolute Gasteiger partial charge is 0.396 e. The molecule has 9 aliphatic heterocycles. The van der Waals surface area contributed by atoms with E-state index < -0.39 is 252 Å². The summed E-state index contributed by atoms with van der Waals surface area (Å²) in [4.78, 5) is 114. The number of fused-ring (bicyclic) bond motifs is 15. The molecule has 61 nitrogen and oxygen atoms in total. The molecule has 26 unspecified atom stereocenters. The van der Waals surface area contributed by atoms with E-state index in [1.54, 1.807) is 19.1 Å². The van der Waals surface area contributed by atoms with Gasteiger partial charge >= 0.3 is 53.3 Å². The lowest BCUT2D eigenvalue weighted by Gasteiger charge is -2.25. The number of aliphatic hydroxyl groups is 2. The van der Waals surface area contributed by atoms with E-state index in [9.17, 15) is 68.9 Å². The molecule has 26 atom stereocenters. The van der Waals surface area contributed by atoms with Crippen molar-refractivity contribution in [1.82, 2.24) is 137 Å². The average Bonchev–Trinajstić information content (AvgIpc) is 1.61. The van der Waals surface area contributed by atoms with Crippen LogP contribution in [0.3, 0.4) is 0 Å². The molecule has 12 aromatic heterocycles. The van der Waals surface area contributed by atoms with Gasteiger partial charge in [-0.3, -0.25) is 50.5 Å². The molecule has 6 bridgehead atoms. The standard InChI is InChI=1S/C21H25FN11O11PS.C21H23FN9O10PS.C20H23FN11O9PS2/c1-7-28-18-13(19(35)29-7)30-31-33(18)21-14-8(3-34)10(42-21)4-40-45(36,37)43-15-9(2-27-46(38,39)44-14)41-20(11(15)22)32-6-26-12-16(23)24-5-25-17(12)32;22-12-15-10(38-20(12)31-8-28-13-17(23)25-6-26-19(13)31)4-29-43(35,36)41-16-14(32)11(5-37-42(33,34)40-15)39-21(16)30-7-27-9-2-1-3-24-18(9)30;1-7-27-17-13(18(33)28-7)29-30-32(17)19-9-2-8(38-19)4-37-42(34,43)40-14-10(3-26-44(35,36)41-9)39-20(11(14)21)31-6-25-12-15(22)23-5-24-16(12)31/h5-6,8-11,14-15,20-21,27,34H,2-4H2,1H3,(H,36,37)(H2,23,24,25)(H,28,29,35);1-3,6-8,10-12,14-16,20-21,29,32H,4-5H2,(H,33,34)(H2,23,25,26);5-6,8-11,14,19-20,26H,2-4H2,1H3,(H,34,43)(H2,22,23,24)(H,27,28,33). The summed E-state index contributed by atoms with van der Waals surface area (Å²) in [5.74, 6) is -0.696. The highest BCUT2D eigenvalue weighted by molar-refractivity contribution is 8.07. The van der Waals surface area contributed by atoms with Crippen LogP contribution in [0.1, 0.15) is 55.4 Å². The number of phosphoric acid groups is 2. The fourth-order valence-corrected chi connectivity index (χ4v) is 22.3. The number of nitrogen functional groups attached to an aromatic ring is 3. The summed E-state index contributed by atoms with van der Waals surface area (Å²) in [5.41, 5.74) is 17.4. The maximum absolute atomic E-state index is 16.0. The van der Waals surface area contributed by atoms with Crippen molar-refractivity contribution in [2.75, 3.05) is 63.3 Å². The maximum atomic E-state index is 16.0. The van der Waals surface area contributed by atoms with E-state index in [1.165, 1.54) is 45.8 Å². The quantitative estimate of drug-likeness (QED) is 0.0668. The first-order chi connectivity index (χ1) is 63.3. The lowest BCUT2D eigenvalue weighted by Crippen LogP contribution is -2.43. The molecule has 0 amide bonds. The minimum atomic E-state index is -5.12. The zero-order chi connectivity index (χ0) is 93.6. The SMILES string of the molecule is Cc1nc2c(nnn2C2OC3COP(=O)(O)OC4C(CNS(=O)(=O)OC2C3CO)OC(n2cnc3c(N)ncnc32)C4F)c(=O)[nH]1.Cc1nc2c(nnn2C2OC3COP(O)(=S)OC4C(CNS(=O)(=O)OC2C3)OC(n2cnc3c(N)ncnc32)C4F)c(=O)[nH]1.Nc1ncnc2c1ncn2C1OC2CNS(=O)(=O)OC3C(O)C(COP(=O)(O)OC2C1F)OC3n1cnc2cccnc21. The van der Waals surface area contributed by atoms with Crippen molar-refractivity contribution in [2.45, 2.75) is 156 Å². The Morgan fingerprint density at radius 2 is 0.910 bits per heavy atom. The van der Waals surface area contributed by atoms with E-state index >= 15 is 13.2 Å². The van der Waals surface area contributed by atoms with Crippen LogP contribution in [-0.4, -0.2) is 317 Å². The zero-order valence-electron chi connectivity index (χ0n) is 67.3. The molecule has 16 N–H and O–H groups in total. The van der Waals surface area contributed by atoms with Crippen LogP contribution in [0, 0.1) is 19.8 Å². The molecule has 0 aliphatic carbocycles. The molecular formula is C62H71F3N31O30P3S4. The third kappa shape index (κ3) is 18.0. The third-order valence-corrected chi connectivity index (χ3v) is 28.6. The van der Waals surface area contributed by atoms with Gasteiger partial charge in [0.2, 0.25) is 0 Å². The van der Waals surface area contributed by atoms with Crippen molar-refractivity contribution in [2.24, 2.45) is 5.92 Å². The minimum absolute atomic E-state index is 0.00192.